The summed E-state index contributed by atoms with van der Waals surface area (Å²) in [6.07, 6.45) is 23.0. The molecule has 1 unspecified atom stereocenters. The maximum atomic E-state index is 3.50. The van der Waals surface area contributed by atoms with Crippen LogP contribution in [-0.4, -0.2) is 0 Å². The fourth-order valence-corrected chi connectivity index (χ4v) is 8.45. The first-order valence-corrected chi connectivity index (χ1v) is 20.3. The number of allylic oxidation sites excluding steroid dienone is 6. The molecule has 0 fully saturated rings. The quantitative estimate of drug-likeness (QED) is 0.146. The molecule has 0 aromatic heterocycles. The number of rotatable bonds is 9. The van der Waals surface area contributed by atoms with Crippen LogP contribution in [0.2, 0.25) is 0 Å². The molecule has 7 aromatic rings. The standard InChI is InChI=1S/C56H47N/c1-3-4-7-16-39(2)40-24-28-44(29-25-40)55-50-21-12-13-22-51(50)56(45-30-26-43(27-31-45)54-23-14-15-34-57-54)53-38-46(32-33-52(53)55)49-36-47(41-17-8-5-9-18-41)35-48(37-49)42-19-10-6-11-20-42/h4-11,14-38,54,57H,3,12-13H2,1-2H3/b7-4-,39-16+. The number of hydrogen-bond donors (Lipinski definition) is 1. The van der Waals surface area contributed by atoms with Crippen molar-refractivity contribution in [1.29, 1.82) is 0 Å². The Morgan fingerprint density at radius 3 is 1.70 bits per heavy atom. The van der Waals surface area contributed by atoms with Crippen molar-refractivity contribution in [1.82, 2.24) is 5.32 Å². The Kier molecular flexibility index (Phi) is 10.2. The van der Waals surface area contributed by atoms with Crippen molar-refractivity contribution in [2.24, 2.45) is 0 Å². The van der Waals surface area contributed by atoms with Crippen LogP contribution in [0, 0.1) is 0 Å². The third-order valence-electron chi connectivity index (χ3n) is 11.4. The van der Waals surface area contributed by atoms with Crippen LogP contribution in [0.1, 0.15) is 50.3 Å². The highest BCUT2D eigenvalue weighted by atomic mass is 14.9. The van der Waals surface area contributed by atoms with Crippen LogP contribution in [0.3, 0.4) is 0 Å². The summed E-state index contributed by atoms with van der Waals surface area (Å²) < 4.78 is 0. The van der Waals surface area contributed by atoms with Gasteiger partial charge in [-0.1, -0.05) is 171 Å². The van der Waals surface area contributed by atoms with E-state index in [1.807, 2.05) is 12.3 Å². The Labute approximate surface area is 337 Å². The van der Waals surface area contributed by atoms with Gasteiger partial charge in [0.25, 0.3) is 0 Å². The first-order chi connectivity index (χ1) is 28.1. The van der Waals surface area contributed by atoms with Crippen LogP contribution in [0.5, 0.6) is 0 Å². The van der Waals surface area contributed by atoms with Gasteiger partial charge in [-0.05, 0) is 156 Å². The predicted molar refractivity (Wildman–Crippen MR) is 246 cm³/mol. The molecular formula is C56H47N. The molecule has 1 N–H and O–H groups in total. The molecule has 276 valence electrons. The number of fused-ring (bicyclic) bond motifs is 2. The molecule has 1 heterocycles. The van der Waals surface area contributed by atoms with Gasteiger partial charge in [0.15, 0.2) is 0 Å². The van der Waals surface area contributed by atoms with E-state index in [9.17, 15) is 0 Å². The molecule has 0 bridgehead atoms. The third-order valence-corrected chi connectivity index (χ3v) is 11.4. The minimum atomic E-state index is 0.170. The van der Waals surface area contributed by atoms with Crippen molar-refractivity contribution in [3.05, 3.63) is 210 Å². The molecule has 0 radical (unpaired) electrons. The van der Waals surface area contributed by atoms with Gasteiger partial charge in [0, 0.05) is 0 Å². The SMILES string of the molecule is CC/C=C\C=C(/C)c1ccc(-c2c3c(c(-c4ccc(C5C=CC=CN5)cc4)c4cc(-c5cc(-c6ccccc6)cc(-c6ccccc6)c5)ccc24)=CCCC=3)cc1. The molecule has 1 nitrogen and oxygen atoms in total. The second kappa shape index (κ2) is 16.2. The molecule has 0 amide bonds. The molecule has 1 aliphatic heterocycles. The highest BCUT2D eigenvalue weighted by Gasteiger charge is 2.19. The first kappa shape index (κ1) is 36.0. The molecule has 2 aliphatic rings. The van der Waals surface area contributed by atoms with E-state index in [4.69, 9.17) is 0 Å². The average molecular weight is 734 g/mol. The maximum Gasteiger partial charge on any atom is 0.0695 e. The van der Waals surface area contributed by atoms with Crippen LogP contribution >= 0.6 is 0 Å². The molecule has 0 saturated carbocycles. The van der Waals surface area contributed by atoms with E-state index >= 15 is 0 Å². The lowest BCUT2D eigenvalue weighted by atomic mass is 9.84. The van der Waals surface area contributed by atoms with Crippen LogP contribution in [0.15, 0.2) is 188 Å². The van der Waals surface area contributed by atoms with E-state index in [1.165, 1.54) is 93.5 Å². The van der Waals surface area contributed by atoms with Crippen molar-refractivity contribution in [3.8, 4) is 55.6 Å². The number of dihydropyridines is 1. The first-order valence-electron chi connectivity index (χ1n) is 20.3. The fraction of sp³-hybridized carbons (Fsp3) is 0.107. The van der Waals surface area contributed by atoms with Crippen molar-refractivity contribution >= 4 is 28.5 Å². The molecule has 9 rings (SSSR count). The molecule has 0 saturated heterocycles. The monoisotopic (exact) mass is 733 g/mol. The van der Waals surface area contributed by atoms with Crippen molar-refractivity contribution < 1.29 is 0 Å². The molecule has 57 heavy (non-hydrogen) atoms. The van der Waals surface area contributed by atoms with Gasteiger partial charge in [0.1, 0.15) is 0 Å². The summed E-state index contributed by atoms with van der Waals surface area (Å²) >= 11 is 0. The zero-order valence-corrected chi connectivity index (χ0v) is 32.8. The Hall–Kier alpha value is -6.70. The molecule has 0 spiro atoms. The number of hydrogen-bond acceptors (Lipinski definition) is 1. The highest BCUT2D eigenvalue weighted by Crippen LogP contribution is 2.38. The summed E-state index contributed by atoms with van der Waals surface area (Å²) in [6, 6.07) is 54.4. The van der Waals surface area contributed by atoms with Gasteiger partial charge in [-0.3, -0.25) is 0 Å². The molecule has 1 aliphatic carbocycles. The van der Waals surface area contributed by atoms with E-state index in [0.29, 0.717) is 0 Å². The summed E-state index contributed by atoms with van der Waals surface area (Å²) in [6.45, 7) is 4.37. The molecule has 7 aromatic carbocycles. The zero-order valence-electron chi connectivity index (χ0n) is 32.8. The Morgan fingerprint density at radius 1 is 0.561 bits per heavy atom. The largest absolute Gasteiger partial charge is 0.381 e. The van der Waals surface area contributed by atoms with Crippen LogP contribution < -0.4 is 15.8 Å². The van der Waals surface area contributed by atoms with E-state index in [-0.39, 0.29) is 6.04 Å². The average Bonchev–Trinajstić information content (AvgIpc) is 3.29. The third kappa shape index (κ3) is 7.37. The summed E-state index contributed by atoms with van der Waals surface area (Å²) in [5.41, 5.74) is 16.2. The molecule has 1 heteroatoms. The Morgan fingerprint density at radius 2 is 1.12 bits per heavy atom. The van der Waals surface area contributed by atoms with E-state index < -0.39 is 0 Å². The van der Waals surface area contributed by atoms with Gasteiger partial charge in [0.05, 0.1) is 6.04 Å². The highest BCUT2D eigenvalue weighted by molar-refractivity contribution is 6.07. The second-order valence-electron chi connectivity index (χ2n) is 15.1. The summed E-state index contributed by atoms with van der Waals surface area (Å²) in [5, 5.41) is 8.72. The lowest BCUT2D eigenvalue weighted by Crippen LogP contribution is -2.31. The van der Waals surface area contributed by atoms with Gasteiger partial charge >= 0.3 is 0 Å². The van der Waals surface area contributed by atoms with Gasteiger partial charge in [-0.2, -0.15) is 0 Å². The second-order valence-corrected chi connectivity index (χ2v) is 15.1. The number of benzene rings is 7. The van der Waals surface area contributed by atoms with E-state index in [2.05, 4.69) is 207 Å². The lowest BCUT2D eigenvalue weighted by Gasteiger charge is -2.20. The van der Waals surface area contributed by atoms with Crippen LogP contribution in [0.4, 0.5) is 0 Å². The number of nitrogens with one attached hydrogen (secondary N) is 1. The van der Waals surface area contributed by atoms with Crippen LogP contribution in [0.25, 0.3) is 84.1 Å². The van der Waals surface area contributed by atoms with E-state index in [1.54, 1.807) is 0 Å². The van der Waals surface area contributed by atoms with Gasteiger partial charge in [0.2, 0.25) is 0 Å². The van der Waals surface area contributed by atoms with E-state index in [0.717, 1.165) is 19.3 Å². The van der Waals surface area contributed by atoms with Crippen molar-refractivity contribution in [2.75, 3.05) is 0 Å². The summed E-state index contributed by atoms with van der Waals surface area (Å²) in [7, 11) is 0. The van der Waals surface area contributed by atoms with Crippen LogP contribution in [-0.2, 0) is 0 Å². The Balaban J connectivity index is 1.27. The topological polar surface area (TPSA) is 12.0 Å². The van der Waals surface area contributed by atoms with Gasteiger partial charge < -0.3 is 5.32 Å². The van der Waals surface area contributed by atoms with Crippen molar-refractivity contribution in [3.63, 3.8) is 0 Å². The minimum Gasteiger partial charge on any atom is -0.381 e. The summed E-state index contributed by atoms with van der Waals surface area (Å²) in [4.78, 5) is 0. The lowest BCUT2D eigenvalue weighted by molar-refractivity contribution is 0.746. The summed E-state index contributed by atoms with van der Waals surface area (Å²) in [5.74, 6) is 0. The predicted octanol–water partition coefficient (Wildman–Crippen LogP) is 13.6. The normalized spacial score (nSPS) is 14.9. The zero-order chi connectivity index (χ0) is 38.6. The Bertz CT molecular complexity index is 2760. The van der Waals surface area contributed by atoms with Gasteiger partial charge in [-0.25, -0.2) is 0 Å². The van der Waals surface area contributed by atoms with Gasteiger partial charge in [-0.15, -0.1) is 0 Å². The smallest absolute Gasteiger partial charge is 0.0695 e. The maximum absolute atomic E-state index is 3.50. The van der Waals surface area contributed by atoms with Crippen molar-refractivity contribution in [2.45, 2.75) is 39.2 Å². The molecular weight excluding hydrogens is 687 g/mol. The molecule has 1 atom stereocenters. The minimum absolute atomic E-state index is 0.170. The fourth-order valence-electron chi connectivity index (χ4n) is 8.45.